The molecule has 0 aromatic carbocycles. The number of hydrogen-bond acceptors (Lipinski definition) is 16. The highest BCUT2D eigenvalue weighted by atomic mass is 16.7. The molecular formula is C30H55NO15. The van der Waals surface area contributed by atoms with Gasteiger partial charge < -0.3 is 75.3 Å². The van der Waals surface area contributed by atoms with Gasteiger partial charge in [-0.15, -0.1) is 0 Å². The van der Waals surface area contributed by atoms with Crippen molar-refractivity contribution in [2.24, 2.45) is 0 Å². The van der Waals surface area contributed by atoms with Crippen LogP contribution in [-0.2, 0) is 23.7 Å². The normalized spacial score (nSPS) is 40.0. The van der Waals surface area contributed by atoms with Crippen LogP contribution < -0.4 is 5.32 Å². The lowest BCUT2D eigenvalue weighted by Gasteiger charge is -2.41. The van der Waals surface area contributed by atoms with Crippen molar-refractivity contribution in [2.75, 3.05) is 26.4 Å². The van der Waals surface area contributed by atoms with Gasteiger partial charge in [-0.25, -0.2) is 0 Å². The van der Waals surface area contributed by atoms with Crippen LogP contribution in [0.3, 0.4) is 0 Å². The number of unbranched alkanes of at least 4 members (excludes halogenated alkanes) is 6. The molecule has 0 bridgehead atoms. The largest absolute Gasteiger partial charge is 0.395 e. The van der Waals surface area contributed by atoms with Crippen LogP contribution in [0.1, 0.15) is 70.6 Å². The molecule has 3 aliphatic rings. The zero-order valence-electron chi connectivity index (χ0n) is 26.2. The van der Waals surface area contributed by atoms with E-state index in [9.17, 15) is 55.9 Å². The maximum Gasteiger partial charge on any atom is 0.187 e. The number of Topliss-reactive ketones (excluding diaryl/α,β-unsaturated/α-hetero) is 1. The van der Waals surface area contributed by atoms with E-state index in [1.165, 1.54) is 0 Å². The zero-order valence-corrected chi connectivity index (χ0v) is 26.2. The van der Waals surface area contributed by atoms with Crippen LogP contribution in [-0.4, -0.2) is 169 Å². The third kappa shape index (κ3) is 10.8. The van der Waals surface area contributed by atoms with Crippen LogP contribution in [0.4, 0.5) is 0 Å². The molecule has 14 atom stereocenters. The van der Waals surface area contributed by atoms with Gasteiger partial charge in [0, 0.05) is 18.9 Å². The molecular weight excluding hydrogens is 614 g/mol. The molecule has 270 valence electrons. The Labute approximate surface area is 268 Å². The van der Waals surface area contributed by atoms with Gasteiger partial charge in [-0.2, -0.15) is 0 Å². The van der Waals surface area contributed by atoms with Gasteiger partial charge in [0.05, 0.1) is 38.6 Å². The minimum atomic E-state index is -1.60. The quantitative estimate of drug-likeness (QED) is 0.0563. The highest BCUT2D eigenvalue weighted by Crippen LogP contribution is 2.29. The first-order valence-corrected chi connectivity index (χ1v) is 16.5. The fourth-order valence-corrected chi connectivity index (χ4v) is 6.22. The maximum absolute atomic E-state index is 12.2. The molecule has 11 N–H and O–H groups in total. The lowest BCUT2D eigenvalue weighted by atomic mass is 9.98. The number of ketones is 1. The Morgan fingerprint density at radius 3 is 1.67 bits per heavy atom. The third-order valence-electron chi connectivity index (χ3n) is 9.11. The Morgan fingerprint density at radius 2 is 1.09 bits per heavy atom. The summed E-state index contributed by atoms with van der Waals surface area (Å²) < 4.78 is 22.0. The lowest BCUT2D eigenvalue weighted by Crippen LogP contribution is -2.60. The maximum atomic E-state index is 12.2. The molecule has 46 heavy (non-hydrogen) atoms. The van der Waals surface area contributed by atoms with E-state index in [1.807, 2.05) is 0 Å². The summed E-state index contributed by atoms with van der Waals surface area (Å²) in [5, 5.41) is 102. The summed E-state index contributed by atoms with van der Waals surface area (Å²) in [7, 11) is 0. The molecule has 0 spiro atoms. The number of carbonyl (C=O) groups is 1. The molecule has 0 amide bonds. The van der Waals surface area contributed by atoms with Gasteiger partial charge in [0.1, 0.15) is 60.7 Å². The van der Waals surface area contributed by atoms with Gasteiger partial charge >= 0.3 is 0 Å². The molecule has 3 fully saturated rings. The number of ether oxygens (including phenoxy) is 4. The summed E-state index contributed by atoms with van der Waals surface area (Å²) in [4.78, 5) is 12.2. The molecule has 3 saturated heterocycles. The summed E-state index contributed by atoms with van der Waals surface area (Å²) in [6.45, 7) is -1.34. The van der Waals surface area contributed by atoms with Crippen molar-refractivity contribution < 1.29 is 74.8 Å². The van der Waals surface area contributed by atoms with Crippen LogP contribution in [0.2, 0.25) is 0 Å². The Bertz CT molecular complexity index is 868. The van der Waals surface area contributed by atoms with Crippen molar-refractivity contribution in [1.82, 2.24) is 5.32 Å². The molecule has 16 nitrogen and oxygen atoms in total. The Kier molecular flexibility index (Phi) is 17.1. The molecule has 3 aliphatic heterocycles. The average Bonchev–Trinajstić information content (AvgIpc) is 3.35. The fraction of sp³-hybridized carbons (Fsp3) is 0.967. The summed E-state index contributed by atoms with van der Waals surface area (Å²) >= 11 is 0. The Hall–Kier alpha value is -0.930. The van der Waals surface area contributed by atoms with E-state index in [1.54, 1.807) is 0 Å². The van der Waals surface area contributed by atoms with Gasteiger partial charge in [-0.05, 0) is 19.3 Å². The van der Waals surface area contributed by atoms with E-state index < -0.39 is 92.9 Å². The summed E-state index contributed by atoms with van der Waals surface area (Å²) in [5.41, 5.74) is 0. The van der Waals surface area contributed by atoms with Gasteiger partial charge in [-0.3, -0.25) is 4.79 Å². The first-order chi connectivity index (χ1) is 22.0. The highest BCUT2D eigenvalue weighted by molar-refractivity contribution is 5.78. The molecule has 14 unspecified atom stereocenters. The standard InChI is InChI=1S/C30H55NO15/c32-13-18-21(36)28(46-30-27(42)25(40)23(38)20(15-34)45-30)17(31-18)11-7-5-3-1-2-4-6-9-16(35)10-8-12-43-29-26(41)24(39)22(37)19(14-33)44-29/h17-34,36-42H,1-15H2. The molecule has 3 heterocycles. The van der Waals surface area contributed by atoms with Crippen LogP contribution in [0.15, 0.2) is 0 Å². The van der Waals surface area contributed by atoms with Crippen molar-refractivity contribution in [3.05, 3.63) is 0 Å². The molecule has 0 aliphatic carbocycles. The highest BCUT2D eigenvalue weighted by Gasteiger charge is 2.49. The number of aliphatic hydroxyl groups is 10. The first kappa shape index (κ1) is 39.5. The molecule has 0 aromatic rings. The van der Waals surface area contributed by atoms with Crippen molar-refractivity contribution in [3.8, 4) is 0 Å². The van der Waals surface area contributed by atoms with Gasteiger partial charge in [0.2, 0.25) is 0 Å². The lowest BCUT2D eigenvalue weighted by molar-refractivity contribution is -0.316. The topological polar surface area (TPSA) is 268 Å². The number of carbonyl (C=O) groups excluding carboxylic acids is 1. The molecule has 0 radical (unpaired) electrons. The van der Waals surface area contributed by atoms with E-state index in [4.69, 9.17) is 18.9 Å². The molecule has 16 heteroatoms. The van der Waals surface area contributed by atoms with Crippen molar-refractivity contribution in [3.63, 3.8) is 0 Å². The summed E-state index contributed by atoms with van der Waals surface area (Å²) in [6.07, 6.45) is -7.69. The van der Waals surface area contributed by atoms with E-state index in [0.29, 0.717) is 25.7 Å². The van der Waals surface area contributed by atoms with E-state index >= 15 is 0 Å². The van der Waals surface area contributed by atoms with Crippen molar-refractivity contribution >= 4 is 5.78 Å². The minimum Gasteiger partial charge on any atom is -0.395 e. The summed E-state index contributed by atoms with van der Waals surface area (Å²) in [5.74, 6) is 0.102. The minimum absolute atomic E-state index is 0.102. The predicted octanol–water partition coefficient (Wildman–Crippen LogP) is -3.46. The van der Waals surface area contributed by atoms with Crippen LogP contribution in [0, 0.1) is 0 Å². The summed E-state index contributed by atoms with van der Waals surface area (Å²) in [6, 6.07) is -0.995. The second-order valence-corrected chi connectivity index (χ2v) is 12.6. The van der Waals surface area contributed by atoms with E-state index in [0.717, 1.165) is 44.9 Å². The van der Waals surface area contributed by atoms with Gasteiger partial charge in [0.15, 0.2) is 12.6 Å². The molecule has 0 aromatic heterocycles. The molecule has 0 saturated carbocycles. The van der Waals surface area contributed by atoms with Crippen LogP contribution in [0.25, 0.3) is 0 Å². The van der Waals surface area contributed by atoms with Crippen LogP contribution in [0.5, 0.6) is 0 Å². The van der Waals surface area contributed by atoms with E-state index in [2.05, 4.69) is 5.32 Å². The number of aliphatic hydroxyl groups excluding tert-OH is 10. The third-order valence-corrected chi connectivity index (χ3v) is 9.11. The average molecular weight is 670 g/mol. The van der Waals surface area contributed by atoms with Gasteiger partial charge in [0.25, 0.3) is 0 Å². The smallest absolute Gasteiger partial charge is 0.187 e. The first-order valence-electron chi connectivity index (χ1n) is 16.5. The number of nitrogens with one attached hydrogen (secondary N) is 1. The van der Waals surface area contributed by atoms with Crippen molar-refractivity contribution in [2.45, 2.75) is 156 Å². The second-order valence-electron chi connectivity index (χ2n) is 12.6. The van der Waals surface area contributed by atoms with E-state index in [-0.39, 0.29) is 25.0 Å². The Morgan fingerprint density at radius 1 is 0.565 bits per heavy atom. The molecule has 3 rings (SSSR count). The zero-order chi connectivity index (χ0) is 33.8. The fourth-order valence-electron chi connectivity index (χ4n) is 6.22. The Balaban J connectivity index is 1.24. The van der Waals surface area contributed by atoms with Gasteiger partial charge in [-0.1, -0.05) is 38.5 Å². The monoisotopic (exact) mass is 669 g/mol. The second kappa shape index (κ2) is 19.9. The number of rotatable bonds is 20. The van der Waals surface area contributed by atoms with Crippen molar-refractivity contribution in [1.29, 1.82) is 0 Å². The number of hydrogen-bond donors (Lipinski definition) is 11. The predicted molar refractivity (Wildman–Crippen MR) is 158 cm³/mol. The SMILES string of the molecule is O=C(CCCCCCCCCC1NC(CO)C(O)C1OC1OC(CO)C(O)C(O)C1O)CCCOC1OC(CO)C(O)C(O)C1O. The van der Waals surface area contributed by atoms with Crippen LogP contribution >= 0.6 is 0 Å².